The van der Waals surface area contributed by atoms with Crippen molar-refractivity contribution in [3.63, 3.8) is 0 Å². The van der Waals surface area contributed by atoms with E-state index >= 15 is 0 Å². The minimum absolute atomic E-state index is 0.128. The molecule has 3 aliphatic rings. The molecule has 172 valence electrons. The van der Waals surface area contributed by atoms with Gasteiger partial charge in [0, 0.05) is 69.5 Å². The van der Waals surface area contributed by atoms with Crippen molar-refractivity contribution >= 4 is 11.7 Å². The zero-order valence-corrected chi connectivity index (χ0v) is 19.2. The highest BCUT2D eigenvalue weighted by atomic mass is 16.5. The van der Waals surface area contributed by atoms with E-state index in [0.29, 0.717) is 19.1 Å². The Morgan fingerprint density at radius 1 is 1.23 bits per heavy atom. The van der Waals surface area contributed by atoms with E-state index in [1.165, 1.54) is 31.4 Å². The monoisotopic (exact) mass is 430 g/mol. The Bertz CT molecular complexity index is 741. The molecule has 2 fully saturated rings. The maximum atomic E-state index is 11.9. The number of carbonyl (C=O) groups is 1. The van der Waals surface area contributed by atoms with Crippen molar-refractivity contribution in [2.24, 2.45) is 5.92 Å². The SMILES string of the molecule is COCCC(=O)NC1CCC(CCN2CCN(c3ncc(C)c4c3CCO4)CC2)CC1. The van der Waals surface area contributed by atoms with Crippen LogP contribution in [0.5, 0.6) is 5.75 Å². The number of methoxy groups -OCH3 is 1. The van der Waals surface area contributed by atoms with E-state index in [0.717, 1.165) is 75.1 Å². The van der Waals surface area contributed by atoms with Gasteiger partial charge in [0.25, 0.3) is 0 Å². The van der Waals surface area contributed by atoms with Gasteiger partial charge in [0.1, 0.15) is 11.6 Å². The Kier molecular flexibility index (Phi) is 7.67. The van der Waals surface area contributed by atoms with E-state index in [2.05, 4.69) is 22.0 Å². The van der Waals surface area contributed by atoms with E-state index < -0.39 is 0 Å². The van der Waals surface area contributed by atoms with Crippen LogP contribution in [0.3, 0.4) is 0 Å². The number of piperazine rings is 1. The third-order valence-corrected chi connectivity index (χ3v) is 7.15. The molecule has 1 amide bonds. The number of pyridine rings is 1. The third kappa shape index (κ3) is 5.69. The largest absolute Gasteiger partial charge is 0.492 e. The van der Waals surface area contributed by atoms with Gasteiger partial charge >= 0.3 is 0 Å². The number of amides is 1. The van der Waals surface area contributed by atoms with E-state index in [1.54, 1.807) is 7.11 Å². The van der Waals surface area contributed by atoms with Crippen LogP contribution in [0, 0.1) is 12.8 Å². The van der Waals surface area contributed by atoms with E-state index in [9.17, 15) is 4.79 Å². The standard InChI is InChI=1S/C24H38N4O3/c1-18-17-25-24(21-8-16-31-23(18)21)28-13-11-27(12-14-28)10-7-19-3-5-20(6-4-19)26-22(29)9-15-30-2/h17,19-20H,3-16H2,1-2H3,(H,26,29). The predicted molar refractivity (Wildman–Crippen MR) is 122 cm³/mol. The molecule has 4 rings (SSSR count). The van der Waals surface area contributed by atoms with Crippen LogP contribution in [0.15, 0.2) is 6.20 Å². The van der Waals surface area contributed by atoms with Gasteiger partial charge in [0.05, 0.1) is 13.2 Å². The molecule has 0 radical (unpaired) electrons. The van der Waals surface area contributed by atoms with Gasteiger partial charge in [0.15, 0.2) is 0 Å². The highest BCUT2D eigenvalue weighted by Gasteiger charge is 2.27. The Labute approximate surface area is 186 Å². The van der Waals surface area contributed by atoms with Crippen LogP contribution in [-0.4, -0.2) is 74.9 Å². The van der Waals surface area contributed by atoms with Crippen molar-refractivity contribution in [1.82, 2.24) is 15.2 Å². The number of hydrogen-bond donors (Lipinski definition) is 1. The highest BCUT2D eigenvalue weighted by Crippen LogP contribution is 2.35. The van der Waals surface area contributed by atoms with Gasteiger partial charge in [-0.05, 0) is 51.5 Å². The third-order valence-electron chi connectivity index (χ3n) is 7.15. The van der Waals surface area contributed by atoms with Crippen molar-refractivity contribution in [2.75, 3.05) is 57.9 Å². The number of nitrogens with one attached hydrogen (secondary N) is 1. The van der Waals surface area contributed by atoms with E-state index in [1.807, 2.05) is 6.20 Å². The highest BCUT2D eigenvalue weighted by molar-refractivity contribution is 5.76. The second-order valence-corrected chi connectivity index (χ2v) is 9.32. The zero-order chi connectivity index (χ0) is 21.6. The molecule has 1 aliphatic carbocycles. The lowest BCUT2D eigenvalue weighted by Gasteiger charge is -2.37. The second kappa shape index (κ2) is 10.6. The second-order valence-electron chi connectivity index (χ2n) is 9.32. The topological polar surface area (TPSA) is 66.9 Å². The van der Waals surface area contributed by atoms with Crippen molar-refractivity contribution in [3.8, 4) is 5.75 Å². The molecule has 31 heavy (non-hydrogen) atoms. The number of carbonyl (C=O) groups excluding carboxylic acids is 1. The molecule has 0 spiro atoms. The fourth-order valence-electron chi connectivity index (χ4n) is 5.23. The first kappa shape index (κ1) is 22.3. The van der Waals surface area contributed by atoms with Gasteiger partial charge in [-0.2, -0.15) is 0 Å². The summed E-state index contributed by atoms with van der Waals surface area (Å²) < 4.78 is 10.8. The molecule has 1 saturated heterocycles. The molecular formula is C24H38N4O3. The zero-order valence-electron chi connectivity index (χ0n) is 19.2. The summed E-state index contributed by atoms with van der Waals surface area (Å²) in [6.07, 6.45) is 9.38. The number of aromatic nitrogens is 1. The lowest BCUT2D eigenvalue weighted by molar-refractivity contribution is -0.122. The molecule has 2 aliphatic heterocycles. The van der Waals surface area contributed by atoms with Crippen LogP contribution in [0.4, 0.5) is 5.82 Å². The number of hydrogen-bond acceptors (Lipinski definition) is 6. The van der Waals surface area contributed by atoms with Gasteiger partial charge in [-0.3, -0.25) is 9.69 Å². The van der Waals surface area contributed by atoms with Crippen molar-refractivity contribution in [3.05, 3.63) is 17.3 Å². The lowest BCUT2D eigenvalue weighted by Crippen LogP contribution is -2.47. The summed E-state index contributed by atoms with van der Waals surface area (Å²) in [5.74, 6) is 3.13. The number of fused-ring (bicyclic) bond motifs is 1. The first-order valence-corrected chi connectivity index (χ1v) is 12.0. The minimum atomic E-state index is 0.128. The fraction of sp³-hybridized carbons (Fsp3) is 0.750. The molecule has 7 heteroatoms. The van der Waals surface area contributed by atoms with Gasteiger partial charge < -0.3 is 19.7 Å². The average molecular weight is 431 g/mol. The first-order valence-electron chi connectivity index (χ1n) is 12.0. The molecule has 0 unspecified atom stereocenters. The minimum Gasteiger partial charge on any atom is -0.492 e. The Balaban J connectivity index is 1.16. The first-order chi connectivity index (χ1) is 15.1. The smallest absolute Gasteiger partial charge is 0.222 e. The van der Waals surface area contributed by atoms with Crippen LogP contribution in [0.1, 0.15) is 49.7 Å². The van der Waals surface area contributed by atoms with Gasteiger partial charge in [-0.25, -0.2) is 4.98 Å². The van der Waals surface area contributed by atoms with Crippen LogP contribution >= 0.6 is 0 Å². The molecule has 0 atom stereocenters. The summed E-state index contributed by atoms with van der Waals surface area (Å²) in [6.45, 7) is 8.86. The molecule has 3 heterocycles. The summed E-state index contributed by atoms with van der Waals surface area (Å²) in [7, 11) is 1.64. The quantitative estimate of drug-likeness (QED) is 0.684. The summed E-state index contributed by atoms with van der Waals surface area (Å²) in [6, 6.07) is 0.358. The van der Waals surface area contributed by atoms with Gasteiger partial charge in [0.2, 0.25) is 5.91 Å². The average Bonchev–Trinajstić information content (AvgIpc) is 3.29. The number of rotatable bonds is 8. The number of anilines is 1. The van der Waals surface area contributed by atoms with Crippen LogP contribution in [0.2, 0.25) is 0 Å². The summed E-state index contributed by atoms with van der Waals surface area (Å²) in [5.41, 5.74) is 2.46. The Morgan fingerprint density at radius 2 is 2.00 bits per heavy atom. The van der Waals surface area contributed by atoms with Crippen LogP contribution in [0.25, 0.3) is 0 Å². The van der Waals surface area contributed by atoms with Crippen LogP contribution < -0.4 is 15.0 Å². The molecule has 1 saturated carbocycles. The van der Waals surface area contributed by atoms with E-state index in [-0.39, 0.29) is 5.91 Å². The molecule has 1 aromatic heterocycles. The Hall–Kier alpha value is -1.86. The summed E-state index contributed by atoms with van der Waals surface area (Å²) in [4.78, 5) is 21.7. The normalized spacial score (nSPS) is 24.0. The molecule has 0 bridgehead atoms. The summed E-state index contributed by atoms with van der Waals surface area (Å²) >= 11 is 0. The summed E-state index contributed by atoms with van der Waals surface area (Å²) in [5, 5.41) is 3.17. The maximum Gasteiger partial charge on any atom is 0.222 e. The molecule has 7 nitrogen and oxygen atoms in total. The van der Waals surface area contributed by atoms with Crippen molar-refractivity contribution in [2.45, 2.75) is 57.9 Å². The van der Waals surface area contributed by atoms with Crippen LogP contribution in [-0.2, 0) is 16.0 Å². The molecule has 0 aromatic carbocycles. The molecule has 1 N–H and O–H groups in total. The number of ether oxygens (including phenoxy) is 2. The molecular weight excluding hydrogens is 392 g/mol. The van der Waals surface area contributed by atoms with Gasteiger partial charge in [-0.1, -0.05) is 0 Å². The maximum absolute atomic E-state index is 11.9. The number of nitrogens with zero attached hydrogens (tertiary/aromatic N) is 3. The van der Waals surface area contributed by atoms with Crippen molar-refractivity contribution < 1.29 is 14.3 Å². The molecule has 1 aromatic rings. The van der Waals surface area contributed by atoms with Crippen molar-refractivity contribution in [1.29, 1.82) is 0 Å². The number of aryl methyl sites for hydroxylation is 1. The van der Waals surface area contributed by atoms with Gasteiger partial charge in [-0.15, -0.1) is 0 Å². The predicted octanol–water partition coefficient (Wildman–Crippen LogP) is 2.55. The lowest BCUT2D eigenvalue weighted by atomic mass is 9.84. The Morgan fingerprint density at radius 3 is 2.74 bits per heavy atom. The fourth-order valence-corrected chi connectivity index (χ4v) is 5.23. The van der Waals surface area contributed by atoms with E-state index in [4.69, 9.17) is 14.5 Å².